The summed E-state index contributed by atoms with van der Waals surface area (Å²) in [5.74, 6) is -1.65. The number of carboxylic acids is 1. The van der Waals surface area contributed by atoms with Crippen LogP contribution in [0.4, 0.5) is 14.9 Å². The number of nitrogens with zero attached hydrogens (tertiary/aromatic N) is 1. The number of amides is 2. The van der Waals surface area contributed by atoms with Gasteiger partial charge in [0, 0.05) is 12.2 Å². The topological polar surface area (TPSA) is 72.5 Å². The van der Waals surface area contributed by atoms with Gasteiger partial charge in [0.1, 0.15) is 5.82 Å². The van der Waals surface area contributed by atoms with Crippen LogP contribution in [0.2, 0.25) is 0 Å². The Hall–Kier alpha value is -2.11. The van der Waals surface area contributed by atoms with E-state index in [9.17, 15) is 19.1 Å². The van der Waals surface area contributed by atoms with Gasteiger partial charge in [-0.1, -0.05) is 0 Å². The Balaban J connectivity index is 2.03. The highest BCUT2D eigenvalue weighted by atomic mass is 19.1. The van der Waals surface area contributed by atoms with E-state index in [1.807, 2.05) is 0 Å². The molecule has 0 radical (unpaired) electrons. The zero-order valence-corrected chi connectivity index (χ0v) is 9.56. The van der Waals surface area contributed by atoms with Crippen LogP contribution in [0.5, 0.6) is 0 Å². The van der Waals surface area contributed by atoms with Gasteiger partial charge in [-0.05, 0) is 37.1 Å². The highest BCUT2D eigenvalue weighted by Gasteiger charge is 2.29. The number of carboxylic acid groups (broad SMARTS) is 1. The summed E-state index contributed by atoms with van der Waals surface area (Å²) in [6.45, 7) is 0.381. The monoisotopic (exact) mass is 251 g/mol. The van der Waals surface area contributed by atoms with Crippen LogP contribution in [0.15, 0.2) is 24.3 Å². The molecule has 18 heavy (non-hydrogen) atoms. The first-order chi connectivity index (χ1) is 8.58. The molecule has 0 aromatic heterocycles. The van der Waals surface area contributed by atoms with Gasteiger partial charge in [-0.25, -0.2) is 9.18 Å². The first-order valence-electron chi connectivity index (χ1n) is 5.62. The van der Waals surface area contributed by atoms with Gasteiger partial charge in [0.2, 0.25) is 0 Å². The van der Waals surface area contributed by atoms with Crippen molar-refractivity contribution < 1.29 is 19.1 Å². The predicted molar refractivity (Wildman–Crippen MR) is 60.2 cm³/mol. The molecule has 2 rings (SSSR count). The highest BCUT2D eigenvalue weighted by molar-refractivity contribution is 5.92. The van der Waals surface area contributed by atoms with Gasteiger partial charge in [0.05, 0.1) is 12.0 Å². The average Bonchev–Trinajstić information content (AvgIpc) is 2.81. The van der Waals surface area contributed by atoms with Gasteiger partial charge in [-0.2, -0.15) is 0 Å². The maximum Gasteiger partial charge on any atom is 0.322 e. The van der Waals surface area contributed by atoms with E-state index in [-0.39, 0.29) is 0 Å². The maximum atomic E-state index is 12.7. The molecule has 1 aliphatic heterocycles. The first kappa shape index (κ1) is 12.3. The third-order valence-corrected chi connectivity index (χ3v) is 2.88. The Labute approximate surface area is 103 Å². The third-order valence-electron chi connectivity index (χ3n) is 2.88. The fraction of sp³-hybridized carbons (Fsp3) is 0.333. The number of hydrogen-bond donors (Lipinski definition) is 1. The second-order valence-corrected chi connectivity index (χ2v) is 4.11. The number of hydrogen-bond acceptors (Lipinski definition) is 3. The molecule has 1 fully saturated rings. The smallest absolute Gasteiger partial charge is 0.322 e. The largest absolute Gasteiger partial charge is 0.548 e. The van der Waals surface area contributed by atoms with Crippen molar-refractivity contribution in [3.05, 3.63) is 30.1 Å². The van der Waals surface area contributed by atoms with E-state index in [2.05, 4.69) is 5.32 Å². The summed E-state index contributed by atoms with van der Waals surface area (Å²) in [6, 6.07) is 3.87. The molecule has 96 valence electrons. The Morgan fingerprint density at radius 2 is 2.00 bits per heavy atom. The summed E-state index contributed by atoms with van der Waals surface area (Å²) in [6.07, 6.45) is 1.04. The Bertz CT molecular complexity index is 461. The van der Waals surface area contributed by atoms with Crippen molar-refractivity contribution in [2.75, 3.05) is 11.9 Å². The van der Waals surface area contributed by atoms with E-state index in [0.717, 1.165) is 0 Å². The molecule has 0 bridgehead atoms. The molecule has 2 amide bonds. The summed E-state index contributed by atoms with van der Waals surface area (Å²) in [4.78, 5) is 23.9. The van der Waals surface area contributed by atoms with Crippen molar-refractivity contribution in [3.8, 4) is 0 Å². The van der Waals surface area contributed by atoms with E-state index in [0.29, 0.717) is 25.1 Å². The van der Waals surface area contributed by atoms with Crippen LogP contribution in [0, 0.1) is 5.82 Å². The zero-order valence-electron chi connectivity index (χ0n) is 9.56. The molecule has 1 N–H and O–H groups in total. The van der Waals surface area contributed by atoms with E-state index in [1.54, 1.807) is 0 Å². The summed E-state index contributed by atoms with van der Waals surface area (Å²) >= 11 is 0. The van der Waals surface area contributed by atoms with E-state index in [1.165, 1.54) is 29.2 Å². The zero-order chi connectivity index (χ0) is 13.1. The predicted octanol–water partition coefficient (Wildman–Crippen LogP) is 0.572. The molecule has 1 aromatic carbocycles. The Kier molecular flexibility index (Phi) is 3.45. The van der Waals surface area contributed by atoms with Crippen molar-refractivity contribution in [2.45, 2.75) is 18.9 Å². The van der Waals surface area contributed by atoms with Crippen LogP contribution in [0.3, 0.4) is 0 Å². The van der Waals surface area contributed by atoms with E-state index in [4.69, 9.17) is 0 Å². The molecule has 1 atom stereocenters. The quantitative estimate of drug-likeness (QED) is 0.835. The molecule has 1 saturated heterocycles. The molecule has 1 aromatic rings. The van der Waals surface area contributed by atoms with Crippen molar-refractivity contribution in [1.29, 1.82) is 0 Å². The number of rotatable bonds is 2. The lowest BCUT2D eigenvalue weighted by Gasteiger charge is -2.25. The van der Waals surface area contributed by atoms with Crippen LogP contribution in [0.1, 0.15) is 12.8 Å². The van der Waals surface area contributed by atoms with Crippen LogP contribution in [-0.4, -0.2) is 29.5 Å². The lowest BCUT2D eigenvalue weighted by molar-refractivity contribution is -0.310. The number of carbonyl (C=O) groups is 2. The van der Waals surface area contributed by atoms with Crippen molar-refractivity contribution in [2.24, 2.45) is 0 Å². The molecule has 0 unspecified atom stereocenters. The number of anilines is 1. The average molecular weight is 251 g/mol. The molecule has 1 aliphatic rings. The minimum absolute atomic E-state index is 0.381. The fourth-order valence-corrected chi connectivity index (χ4v) is 1.98. The van der Waals surface area contributed by atoms with Crippen molar-refractivity contribution >= 4 is 17.7 Å². The first-order valence-corrected chi connectivity index (χ1v) is 5.62. The summed E-state index contributed by atoms with van der Waals surface area (Å²) in [5.41, 5.74) is 0.422. The lowest BCUT2D eigenvalue weighted by atomic mass is 10.2. The van der Waals surface area contributed by atoms with Gasteiger partial charge < -0.3 is 20.1 Å². The number of carbonyl (C=O) groups excluding carboxylic acids is 2. The summed E-state index contributed by atoms with van der Waals surface area (Å²) in [7, 11) is 0. The molecule has 5 nitrogen and oxygen atoms in total. The maximum absolute atomic E-state index is 12.7. The van der Waals surface area contributed by atoms with Gasteiger partial charge in [-0.3, -0.25) is 0 Å². The summed E-state index contributed by atoms with van der Waals surface area (Å²) in [5, 5.41) is 13.4. The molecule has 0 aliphatic carbocycles. The molecular weight excluding hydrogens is 239 g/mol. The van der Waals surface area contributed by atoms with Gasteiger partial charge in [0.15, 0.2) is 0 Å². The number of benzene rings is 1. The molecule has 0 saturated carbocycles. The van der Waals surface area contributed by atoms with Gasteiger partial charge >= 0.3 is 6.03 Å². The normalized spacial score (nSPS) is 18.7. The number of likely N-dealkylation sites (tertiary alicyclic amines) is 1. The number of halogens is 1. The Morgan fingerprint density at radius 1 is 1.33 bits per heavy atom. The van der Waals surface area contributed by atoms with Crippen LogP contribution < -0.4 is 10.4 Å². The van der Waals surface area contributed by atoms with E-state index < -0.39 is 23.9 Å². The van der Waals surface area contributed by atoms with Gasteiger partial charge in [-0.15, -0.1) is 0 Å². The number of nitrogens with one attached hydrogen (secondary N) is 1. The number of aliphatic carboxylic acids is 1. The van der Waals surface area contributed by atoms with Crippen molar-refractivity contribution in [1.82, 2.24) is 4.90 Å². The Morgan fingerprint density at radius 3 is 2.61 bits per heavy atom. The van der Waals surface area contributed by atoms with Gasteiger partial charge in [0.25, 0.3) is 0 Å². The minimum Gasteiger partial charge on any atom is -0.548 e. The molecule has 6 heteroatoms. The summed E-state index contributed by atoms with van der Waals surface area (Å²) < 4.78 is 12.7. The standard InChI is InChI=1S/C12H13FN2O3/c13-8-3-5-9(6-4-8)14-12(18)15-7-1-2-10(15)11(16)17/h3-6,10H,1-2,7H2,(H,14,18)(H,16,17)/p-1/t10-/m1/s1. The SMILES string of the molecule is O=C([O-])[C@H]1CCCN1C(=O)Nc1ccc(F)cc1. The van der Waals surface area contributed by atoms with Crippen molar-refractivity contribution in [3.63, 3.8) is 0 Å². The van der Waals surface area contributed by atoms with Crippen LogP contribution >= 0.6 is 0 Å². The second kappa shape index (κ2) is 5.03. The van der Waals surface area contributed by atoms with Crippen LogP contribution in [0.25, 0.3) is 0 Å². The molecular formula is C12H12FN2O3-. The fourth-order valence-electron chi connectivity index (χ4n) is 1.98. The lowest BCUT2D eigenvalue weighted by Crippen LogP contribution is -2.48. The molecule has 1 heterocycles. The van der Waals surface area contributed by atoms with Crippen LogP contribution in [-0.2, 0) is 4.79 Å². The molecule has 0 spiro atoms. The van der Waals surface area contributed by atoms with E-state index >= 15 is 0 Å². The number of urea groups is 1. The highest BCUT2D eigenvalue weighted by Crippen LogP contribution is 2.18. The third kappa shape index (κ3) is 2.58. The minimum atomic E-state index is -1.25. The second-order valence-electron chi connectivity index (χ2n) is 4.11.